The predicted molar refractivity (Wildman–Crippen MR) is 65.8 cm³/mol. The molecular weight excluding hydrogens is 254 g/mol. The molecule has 0 saturated heterocycles. The zero-order valence-corrected chi connectivity index (χ0v) is 10.8. The summed E-state index contributed by atoms with van der Waals surface area (Å²) in [5.41, 5.74) is 0.367. The molecule has 0 atom stereocenters. The molecule has 0 heterocycles. The van der Waals surface area contributed by atoms with Gasteiger partial charge in [0.25, 0.3) is 0 Å². The fraction of sp³-hybridized carbons (Fsp3) is 0.417. The smallest absolute Gasteiger partial charge is 0.240 e. The third kappa shape index (κ3) is 2.77. The average Bonchev–Trinajstić information content (AvgIpc) is 2.27. The van der Waals surface area contributed by atoms with Crippen molar-refractivity contribution >= 4 is 15.8 Å². The van der Waals surface area contributed by atoms with Gasteiger partial charge in [-0.25, -0.2) is 13.1 Å². The zero-order chi connectivity index (χ0) is 13.3. The number of hydrogen-bond acceptors (Lipinski definition) is 4. The van der Waals surface area contributed by atoms with Gasteiger partial charge in [-0.1, -0.05) is 12.1 Å². The predicted octanol–water partition coefficient (Wildman–Crippen LogP) is 0.691. The molecule has 1 aliphatic rings. The number of hydrogen-bond donors (Lipinski definition) is 2. The first-order valence-corrected chi connectivity index (χ1v) is 7.18. The van der Waals surface area contributed by atoms with Gasteiger partial charge in [-0.15, -0.1) is 0 Å². The summed E-state index contributed by atoms with van der Waals surface area (Å²) in [7, 11) is -3.61. The van der Waals surface area contributed by atoms with Gasteiger partial charge < -0.3 is 5.11 Å². The molecule has 0 radical (unpaired) electrons. The van der Waals surface area contributed by atoms with Gasteiger partial charge in [-0.2, -0.15) is 0 Å². The van der Waals surface area contributed by atoms with Crippen LogP contribution in [0.5, 0.6) is 0 Å². The second kappa shape index (κ2) is 4.79. The highest BCUT2D eigenvalue weighted by atomic mass is 32.2. The quantitative estimate of drug-likeness (QED) is 0.788. The summed E-state index contributed by atoms with van der Waals surface area (Å²) in [5, 5.41) is 9.12. The van der Waals surface area contributed by atoms with Crippen LogP contribution in [0, 0.1) is 0 Å². The van der Waals surface area contributed by atoms with Crippen molar-refractivity contribution in [3.8, 4) is 0 Å². The molecule has 1 saturated carbocycles. The molecule has 0 bridgehead atoms. The molecule has 18 heavy (non-hydrogen) atoms. The van der Waals surface area contributed by atoms with Crippen molar-refractivity contribution in [1.82, 2.24) is 4.72 Å². The van der Waals surface area contributed by atoms with E-state index in [2.05, 4.69) is 4.72 Å². The van der Waals surface area contributed by atoms with Crippen molar-refractivity contribution in [3.05, 3.63) is 29.8 Å². The number of Topliss-reactive ketones (excluding diaryl/α,β-unsaturated/α-hetero) is 1. The van der Waals surface area contributed by atoms with Crippen LogP contribution < -0.4 is 4.72 Å². The van der Waals surface area contributed by atoms with Gasteiger partial charge in [-0.3, -0.25) is 4.79 Å². The Bertz CT molecular complexity index is 561. The SMILES string of the molecule is CC(=O)c1cccc(S(=O)(=O)NC2CC(O)C2)c1. The molecule has 1 fully saturated rings. The Kier molecular flexibility index (Phi) is 3.52. The number of aliphatic hydroxyl groups is 1. The molecular formula is C12H15NO4S. The highest BCUT2D eigenvalue weighted by Gasteiger charge is 2.31. The summed E-state index contributed by atoms with van der Waals surface area (Å²) in [4.78, 5) is 11.3. The minimum atomic E-state index is -3.61. The Morgan fingerprint density at radius 2 is 2.06 bits per heavy atom. The lowest BCUT2D eigenvalue weighted by molar-refractivity contribution is 0.0712. The van der Waals surface area contributed by atoms with Gasteiger partial charge in [0.15, 0.2) is 5.78 Å². The van der Waals surface area contributed by atoms with Gasteiger partial charge in [0.2, 0.25) is 10.0 Å². The van der Waals surface area contributed by atoms with Crippen LogP contribution in [0.1, 0.15) is 30.1 Å². The first-order chi connectivity index (χ1) is 8.38. The summed E-state index contributed by atoms with van der Waals surface area (Å²) in [6, 6.07) is 5.71. The van der Waals surface area contributed by atoms with Gasteiger partial charge in [0, 0.05) is 11.6 Å². The largest absolute Gasteiger partial charge is 0.393 e. The number of sulfonamides is 1. The Balaban J connectivity index is 2.19. The molecule has 0 spiro atoms. The maximum absolute atomic E-state index is 12.0. The van der Waals surface area contributed by atoms with Gasteiger partial charge in [0.05, 0.1) is 11.0 Å². The van der Waals surface area contributed by atoms with Crippen molar-refractivity contribution in [1.29, 1.82) is 0 Å². The molecule has 0 aromatic heterocycles. The van der Waals surface area contributed by atoms with Gasteiger partial charge in [0.1, 0.15) is 0 Å². The Hall–Kier alpha value is -1.24. The monoisotopic (exact) mass is 269 g/mol. The molecule has 1 aromatic rings. The maximum Gasteiger partial charge on any atom is 0.240 e. The van der Waals surface area contributed by atoms with E-state index >= 15 is 0 Å². The van der Waals surface area contributed by atoms with E-state index in [9.17, 15) is 13.2 Å². The molecule has 1 aliphatic carbocycles. The number of aliphatic hydroxyl groups excluding tert-OH is 1. The second-order valence-corrected chi connectivity index (χ2v) is 6.24. The molecule has 2 N–H and O–H groups in total. The lowest BCUT2D eigenvalue weighted by atomic mass is 9.91. The number of carbonyl (C=O) groups excluding carboxylic acids is 1. The van der Waals surface area contributed by atoms with E-state index < -0.39 is 16.1 Å². The van der Waals surface area contributed by atoms with Crippen LogP contribution in [0.4, 0.5) is 0 Å². The summed E-state index contributed by atoms with van der Waals surface area (Å²) >= 11 is 0. The number of ketones is 1. The standard InChI is InChI=1S/C12H15NO4S/c1-8(14)9-3-2-4-12(5-9)18(16,17)13-10-6-11(15)7-10/h2-5,10-11,13,15H,6-7H2,1H3. The number of rotatable bonds is 4. The van der Waals surface area contributed by atoms with E-state index in [1.54, 1.807) is 12.1 Å². The summed E-state index contributed by atoms with van der Waals surface area (Å²) in [6.45, 7) is 1.39. The molecule has 0 aliphatic heterocycles. The number of nitrogens with one attached hydrogen (secondary N) is 1. The van der Waals surface area contributed by atoms with Crippen molar-refractivity contribution in [2.45, 2.75) is 36.8 Å². The topological polar surface area (TPSA) is 83.5 Å². The molecule has 5 nitrogen and oxygen atoms in total. The van der Waals surface area contributed by atoms with E-state index in [4.69, 9.17) is 5.11 Å². The average molecular weight is 269 g/mol. The first kappa shape index (κ1) is 13.2. The highest BCUT2D eigenvalue weighted by Crippen LogP contribution is 2.22. The Labute approximate surface area is 106 Å². The highest BCUT2D eigenvalue weighted by molar-refractivity contribution is 7.89. The number of carbonyl (C=O) groups is 1. The van der Waals surface area contributed by atoms with E-state index in [1.165, 1.54) is 19.1 Å². The minimum absolute atomic E-state index is 0.0802. The molecule has 1 aromatic carbocycles. The van der Waals surface area contributed by atoms with Crippen LogP contribution >= 0.6 is 0 Å². The van der Waals surface area contributed by atoms with E-state index in [-0.39, 0.29) is 16.7 Å². The van der Waals surface area contributed by atoms with E-state index in [0.717, 1.165) is 0 Å². The molecule has 6 heteroatoms. The molecule has 0 unspecified atom stereocenters. The first-order valence-electron chi connectivity index (χ1n) is 5.70. The molecule has 98 valence electrons. The van der Waals surface area contributed by atoms with Crippen molar-refractivity contribution in [3.63, 3.8) is 0 Å². The normalized spacial score (nSPS) is 23.4. The lowest BCUT2D eigenvalue weighted by Crippen LogP contribution is -2.46. The molecule has 0 amide bonds. The lowest BCUT2D eigenvalue weighted by Gasteiger charge is -2.31. The van der Waals surface area contributed by atoms with Gasteiger partial charge >= 0.3 is 0 Å². The number of benzene rings is 1. The van der Waals surface area contributed by atoms with Crippen LogP contribution in [0.15, 0.2) is 29.2 Å². The van der Waals surface area contributed by atoms with Crippen LogP contribution in [-0.4, -0.2) is 31.5 Å². The van der Waals surface area contributed by atoms with Crippen LogP contribution in [0.2, 0.25) is 0 Å². The summed E-state index contributed by atoms with van der Waals surface area (Å²) < 4.78 is 26.5. The van der Waals surface area contributed by atoms with Crippen molar-refractivity contribution in [2.24, 2.45) is 0 Å². The molecule has 2 rings (SSSR count). The second-order valence-electron chi connectivity index (χ2n) is 4.53. The van der Waals surface area contributed by atoms with Crippen LogP contribution in [0.25, 0.3) is 0 Å². The Morgan fingerprint density at radius 1 is 1.39 bits per heavy atom. The van der Waals surface area contributed by atoms with Crippen molar-refractivity contribution < 1.29 is 18.3 Å². The zero-order valence-electron chi connectivity index (χ0n) is 9.96. The third-order valence-electron chi connectivity index (χ3n) is 2.99. The van der Waals surface area contributed by atoms with Crippen molar-refractivity contribution in [2.75, 3.05) is 0 Å². The summed E-state index contributed by atoms with van der Waals surface area (Å²) in [5.74, 6) is -0.175. The minimum Gasteiger partial charge on any atom is -0.393 e. The third-order valence-corrected chi connectivity index (χ3v) is 4.50. The van der Waals surface area contributed by atoms with Crippen LogP contribution in [-0.2, 0) is 10.0 Å². The summed E-state index contributed by atoms with van der Waals surface area (Å²) in [6.07, 6.45) is 0.457. The van der Waals surface area contributed by atoms with Gasteiger partial charge in [-0.05, 0) is 31.9 Å². The fourth-order valence-corrected chi connectivity index (χ4v) is 3.16. The van der Waals surface area contributed by atoms with E-state index in [1.807, 2.05) is 0 Å². The van der Waals surface area contributed by atoms with E-state index in [0.29, 0.717) is 18.4 Å². The maximum atomic E-state index is 12.0. The van der Waals surface area contributed by atoms with Crippen LogP contribution in [0.3, 0.4) is 0 Å². The fourth-order valence-electron chi connectivity index (χ4n) is 1.85. The Morgan fingerprint density at radius 3 is 2.61 bits per heavy atom.